The summed E-state index contributed by atoms with van der Waals surface area (Å²) in [6.07, 6.45) is 42.8. The molecule has 0 atom stereocenters. The van der Waals surface area contributed by atoms with E-state index in [9.17, 15) is 4.79 Å². The second-order valence-electron chi connectivity index (χ2n) is 11.9. The Morgan fingerprint density at radius 2 is 0.846 bits per heavy atom. The third-order valence-corrected chi connectivity index (χ3v) is 7.96. The van der Waals surface area contributed by atoms with Gasteiger partial charge in [0, 0.05) is 13.0 Å². The van der Waals surface area contributed by atoms with E-state index >= 15 is 0 Å². The number of ether oxygens (including phenoxy) is 1. The number of rotatable bonds is 33. The lowest BCUT2D eigenvalue weighted by atomic mass is 10.1. The van der Waals surface area contributed by atoms with Crippen LogP contribution in [0, 0.1) is 0 Å². The molecule has 3 nitrogen and oxygen atoms in total. The molecule has 0 aliphatic rings. The summed E-state index contributed by atoms with van der Waals surface area (Å²) in [4.78, 5) is 11.9. The van der Waals surface area contributed by atoms with E-state index in [1.807, 2.05) is 0 Å². The molecule has 232 valence electrons. The van der Waals surface area contributed by atoms with E-state index in [1.54, 1.807) is 0 Å². The van der Waals surface area contributed by atoms with Crippen molar-refractivity contribution in [1.29, 1.82) is 0 Å². The van der Waals surface area contributed by atoms with Gasteiger partial charge in [-0.25, -0.2) is 0 Å². The monoisotopic (exact) mass is 551 g/mol. The van der Waals surface area contributed by atoms with Gasteiger partial charge in [0.15, 0.2) is 0 Å². The van der Waals surface area contributed by atoms with Crippen molar-refractivity contribution >= 4 is 5.97 Å². The third kappa shape index (κ3) is 35.1. The van der Waals surface area contributed by atoms with Gasteiger partial charge in [0.25, 0.3) is 0 Å². The second-order valence-corrected chi connectivity index (χ2v) is 11.9. The van der Waals surface area contributed by atoms with Gasteiger partial charge in [-0.1, -0.05) is 160 Å². The first-order valence-corrected chi connectivity index (χ1v) is 17.7. The molecular formula is C36H70O3. The highest BCUT2D eigenvalue weighted by atomic mass is 16.5. The SMILES string of the molecule is CCCCCCCCC=CCCCCCCCCCCCC(=O)OCCCCCCCCCCCCCCO. The van der Waals surface area contributed by atoms with E-state index in [4.69, 9.17) is 9.84 Å². The van der Waals surface area contributed by atoms with Gasteiger partial charge >= 0.3 is 5.97 Å². The summed E-state index contributed by atoms with van der Waals surface area (Å²) >= 11 is 0. The summed E-state index contributed by atoms with van der Waals surface area (Å²) in [7, 11) is 0. The molecule has 0 spiro atoms. The van der Waals surface area contributed by atoms with Gasteiger partial charge < -0.3 is 9.84 Å². The molecule has 0 saturated carbocycles. The Hall–Kier alpha value is -0.830. The summed E-state index contributed by atoms with van der Waals surface area (Å²) in [5.74, 6) is 0.00927. The average Bonchev–Trinajstić information content (AvgIpc) is 2.94. The Labute approximate surface area is 245 Å². The zero-order valence-electron chi connectivity index (χ0n) is 26.5. The van der Waals surface area contributed by atoms with Crippen LogP contribution in [-0.4, -0.2) is 24.3 Å². The van der Waals surface area contributed by atoms with Gasteiger partial charge in [0.2, 0.25) is 0 Å². The lowest BCUT2D eigenvalue weighted by Gasteiger charge is -2.06. The van der Waals surface area contributed by atoms with Gasteiger partial charge in [0.05, 0.1) is 6.61 Å². The average molecular weight is 551 g/mol. The molecule has 0 aromatic heterocycles. The van der Waals surface area contributed by atoms with E-state index in [-0.39, 0.29) is 5.97 Å². The minimum atomic E-state index is 0.00927. The van der Waals surface area contributed by atoms with Crippen molar-refractivity contribution in [2.45, 2.75) is 200 Å². The maximum absolute atomic E-state index is 11.9. The second kappa shape index (κ2) is 35.2. The fourth-order valence-electron chi connectivity index (χ4n) is 5.29. The van der Waals surface area contributed by atoms with Crippen molar-refractivity contribution < 1.29 is 14.6 Å². The molecule has 0 aromatic carbocycles. The number of unbranched alkanes of at least 4 members (excludes halogenated alkanes) is 26. The highest BCUT2D eigenvalue weighted by molar-refractivity contribution is 5.69. The Kier molecular flexibility index (Phi) is 34.4. The van der Waals surface area contributed by atoms with Crippen LogP contribution in [-0.2, 0) is 9.53 Å². The number of aliphatic hydroxyl groups is 1. The first-order chi connectivity index (χ1) is 19.3. The quantitative estimate of drug-likeness (QED) is 0.0502. The van der Waals surface area contributed by atoms with Gasteiger partial charge in [-0.05, 0) is 44.9 Å². The Morgan fingerprint density at radius 1 is 0.487 bits per heavy atom. The standard InChI is InChI=1S/C36H70O3/c1-2-3-4-5-6-7-8-9-10-11-12-13-14-15-18-21-24-27-30-33-36(38)39-35-32-29-26-23-20-17-16-19-22-25-28-31-34-37/h9-10,37H,2-8,11-35H2,1H3. The molecule has 39 heavy (non-hydrogen) atoms. The predicted molar refractivity (Wildman–Crippen MR) is 171 cm³/mol. The number of hydrogen-bond acceptors (Lipinski definition) is 3. The van der Waals surface area contributed by atoms with Crippen molar-refractivity contribution in [3.63, 3.8) is 0 Å². The molecule has 0 radical (unpaired) electrons. The minimum absolute atomic E-state index is 0.00927. The lowest BCUT2D eigenvalue weighted by molar-refractivity contribution is -0.143. The maximum Gasteiger partial charge on any atom is 0.305 e. The molecule has 0 bridgehead atoms. The van der Waals surface area contributed by atoms with Crippen LogP contribution in [0.3, 0.4) is 0 Å². The molecule has 0 aliphatic heterocycles. The number of carbonyl (C=O) groups excluding carboxylic acids is 1. The van der Waals surface area contributed by atoms with Gasteiger partial charge in [-0.2, -0.15) is 0 Å². The topological polar surface area (TPSA) is 46.5 Å². The van der Waals surface area contributed by atoms with E-state index in [2.05, 4.69) is 19.1 Å². The van der Waals surface area contributed by atoms with Crippen LogP contribution in [0.4, 0.5) is 0 Å². The largest absolute Gasteiger partial charge is 0.466 e. The highest BCUT2D eigenvalue weighted by Crippen LogP contribution is 2.14. The van der Waals surface area contributed by atoms with Crippen LogP contribution in [0.15, 0.2) is 12.2 Å². The number of esters is 1. The molecule has 0 aromatic rings. The molecule has 0 fully saturated rings. The van der Waals surface area contributed by atoms with Crippen molar-refractivity contribution in [2.24, 2.45) is 0 Å². The first kappa shape index (κ1) is 38.2. The Balaban J connectivity index is 3.18. The van der Waals surface area contributed by atoms with E-state index in [0.29, 0.717) is 19.6 Å². The zero-order valence-corrected chi connectivity index (χ0v) is 26.5. The van der Waals surface area contributed by atoms with Gasteiger partial charge in [-0.3, -0.25) is 4.79 Å². The van der Waals surface area contributed by atoms with Crippen LogP contribution in [0.25, 0.3) is 0 Å². The molecular weight excluding hydrogens is 480 g/mol. The molecule has 0 unspecified atom stereocenters. The van der Waals surface area contributed by atoms with Crippen LogP contribution in [0.2, 0.25) is 0 Å². The van der Waals surface area contributed by atoms with Gasteiger partial charge in [-0.15, -0.1) is 0 Å². The summed E-state index contributed by atoms with van der Waals surface area (Å²) in [5.41, 5.74) is 0. The van der Waals surface area contributed by atoms with E-state index in [0.717, 1.165) is 19.3 Å². The van der Waals surface area contributed by atoms with Crippen molar-refractivity contribution in [1.82, 2.24) is 0 Å². The summed E-state index contributed by atoms with van der Waals surface area (Å²) in [6.45, 7) is 3.24. The van der Waals surface area contributed by atoms with Gasteiger partial charge in [0.1, 0.15) is 0 Å². The molecule has 0 amide bonds. The number of aliphatic hydroxyl groups excluding tert-OH is 1. The molecule has 3 heteroatoms. The van der Waals surface area contributed by atoms with Crippen LogP contribution >= 0.6 is 0 Å². The minimum Gasteiger partial charge on any atom is -0.466 e. The molecule has 1 N–H and O–H groups in total. The molecule has 0 aliphatic carbocycles. The summed E-state index contributed by atoms with van der Waals surface area (Å²) < 4.78 is 5.42. The van der Waals surface area contributed by atoms with Crippen LogP contribution in [0.1, 0.15) is 200 Å². The van der Waals surface area contributed by atoms with Crippen molar-refractivity contribution in [3.8, 4) is 0 Å². The molecule has 0 rings (SSSR count). The fraction of sp³-hybridized carbons (Fsp3) is 0.917. The predicted octanol–water partition coefficient (Wildman–Crippen LogP) is 11.8. The van der Waals surface area contributed by atoms with Crippen molar-refractivity contribution in [3.05, 3.63) is 12.2 Å². The number of allylic oxidation sites excluding steroid dienone is 2. The highest BCUT2D eigenvalue weighted by Gasteiger charge is 2.02. The normalized spacial score (nSPS) is 11.5. The maximum atomic E-state index is 11.9. The van der Waals surface area contributed by atoms with Crippen LogP contribution in [0.5, 0.6) is 0 Å². The molecule has 0 heterocycles. The van der Waals surface area contributed by atoms with E-state index in [1.165, 1.54) is 167 Å². The third-order valence-electron chi connectivity index (χ3n) is 7.96. The lowest BCUT2D eigenvalue weighted by Crippen LogP contribution is -2.05. The first-order valence-electron chi connectivity index (χ1n) is 17.7. The fourth-order valence-corrected chi connectivity index (χ4v) is 5.29. The Morgan fingerprint density at radius 3 is 1.28 bits per heavy atom. The van der Waals surface area contributed by atoms with E-state index < -0.39 is 0 Å². The number of carbonyl (C=O) groups is 1. The van der Waals surface area contributed by atoms with Crippen molar-refractivity contribution in [2.75, 3.05) is 13.2 Å². The Bertz CT molecular complexity index is 488. The number of hydrogen-bond donors (Lipinski definition) is 1. The molecule has 0 saturated heterocycles. The van der Waals surface area contributed by atoms with Crippen LogP contribution < -0.4 is 0 Å². The summed E-state index contributed by atoms with van der Waals surface area (Å²) in [6, 6.07) is 0. The zero-order chi connectivity index (χ0) is 28.3. The smallest absolute Gasteiger partial charge is 0.305 e. The summed E-state index contributed by atoms with van der Waals surface area (Å²) in [5, 5.41) is 8.77.